The van der Waals surface area contributed by atoms with Gasteiger partial charge < -0.3 is 5.32 Å². The third-order valence-corrected chi connectivity index (χ3v) is 3.06. The summed E-state index contributed by atoms with van der Waals surface area (Å²) in [7, 11) is 0. The van der Waals surface area contributed by atoms with Gasteiger partial charge >= 0.3 is 6.03 Å². The van der Waals surface area contributed by atoms with Gasteiger partial charge in [-0.15, -0.1) is 0 Å². The van der Waals surface area contributed by atoms with E-state index in [1.165, 1.54) is 6.20 Å². The Hall–Kier alpha value is -3.02. The molecule has 0 radical (unpaired) electrons. The fourth-order valence-corrected chi connectivity index (χ4v) is 2.05. The summed E-state index contributed by atoms with van der Waals surface area (Å²) in [5, 5.41) is 5.27. The molecule has 0 atom stereocenters. The van der Waals surface area contributed by atoms with Gasteiger partial charge in [0.1, 0.15) is 5.52 Å². The molecule has 2 N–H and O–H groups in total. The van der Waals surface area contributed by atoms with E-state index in [1.807, 2.05) is 49.4 Å². The normalized spacial score (nSPS) is 10.4. The summed E-state index contributed by atoms with van der Waals surface area (Å²) in [5.74, 6) is 0.371. The molecule has 2 aromatic heterocycles. The standard InChI is InChI=1S/C16H15N5O/c1-2-17-16(22)21-14-10-18-13-9-8-12(19-15(13)20-14)11-6-4-3-5-7-11/h3-10H,2H2,1H3,(H2,17,19,20,21,22). The molecule has 2 amide bonds. The molecule has 1 aromatic carbocycles. The number of fused-ring (bicyclic) bond motifs is 1. The first-order chi connectivity index (χ1) is 10.8. The molecule has 0 saturated heterocycles. The number of hydrogen-bond donors (Lipinski definition) is 2. The molecule has 0 bridgehead atoms. The Balaban J connectivity index is 1.94. The van der Waals surface area contributed by atoms with Crippen LogP contribution in [0.2, 0.25) is 0 Å². The Morgan fingerprint density at radius 1 is 1.09 bits per heavy atom. The molecule has 0 aliphatic carbocycles. The summed E-state index contributed by atoms with van der Waals surface area (Å²) in [4.78, 5) is 24.6. The molecule has 3 aromatic rings. The van der Waals surface area contributed by atoms with Crippen molar-refractivity contribution in [1.29, 1.82) is 0 Å². The minimum atomic E-state index is -0.310. The number of benzene rings is 1. The number of carbonyl (C=O) groups excluding carboxylic acids is 1. The van der Waals surface area contributed by atoms with Crippen LogP contribution in [0.5, 0.6) is 0 Å². The molecule has 2 heterocycles. The molecule has 6 nitrogen and oxygen atoms in total. The third kappa shape index (κ3) is 3.01. The van der Waals surface area contributed by atoms with Gasteiger partial charge in [-0.2, -0.15) is 0 Å². The molecule has 3 rings (SSSR count). The van der Waals surface area contributed by atoms with Crippen molar-refractivity contribution in [1.82, 2.24) is 20.3 Å². The summed E-state index contributed by atoms with van der Waals surface area (Å²) in [5.41, 5.74) is 3.00. The lowest BCUT2D eigenvalue weighted by atomic mass is 10.1. The number of anilines is 1. The second-order valence-electron chi connectivity index (χ2n) is 4.64. The second-order valence-corrected chi connectivity index (χ2v) is 4.64. The monoisotopic (exact) mass is 293 g/mol. The van der Waals surface area contributed by atoms with Crippen molar-refractivity contribution >= 4 is 23.0 Å². The number of carbonyl (C=O) groups is 1. The molecule has 0 fully saturated rings. The summed E-state index contributed by atoms with van der Waals surface area (Å²) in [6.07, 6.45) is 1.52. The Morgan fingerprint density at radius 2 is 1.91 bits per heavy atom. The average molecular weight is 293 g/mol. The van der Waals surface area contributed by atoms with Gasteiger partial charge in [-0.05, 0) is 19.1 Å². The largest absolute Gasteiger partial charge is 0.338 e. The van der Waals surface area contributed by atoms with E-state index >= 15 is 0 Å². The van der Waals surface area contributed by atoms with Crippen molar-refractivity contribution in [3.05, 3.63) is 48.7 Å². The van der Waals surface area contributed by atoms with Gasteiger partial charge in [0.2, 0.25) is 0 Å². The van der Waals surface area contributed by atoms with Crippen molar-refractivity contribution in [2.24, 2.45) is 0 Å². The molecule has 0 unspecified atom stereocenters. The number of pyridine rings is 1. The van der Waals surface area contributed by atoms with Crippen LogP contribution in [0.1, 0.15) is 6.92 Å². The number of nitrogens with one attached hydrogen (secondary N) is 2. The van der Waals surface area contributed by atoms with Crippen LogP contribution in [0.25, 0.3) is 22.4 Å². The second kappa shape index (κ2) is 6.17. The maximum atomic E-state index is 11.5. The average Bonchev–Trinajstić information content (AvgIpc) is 2.55. The van der Waals surface area contributed by atoms with Crippen molar-refractivity contribution in [3.8, 4) is 11.3 Å². The first kappa shape index (κ1) is 13.9. The molecule has 0 aliphatic heterocycles. The Morgan fingerprint density at radius 3 is 2.68 bits per heavy atom. The number of nitrogens with zero attached hydrogens (tertiary/aromatic N) is 3. The zero-order valence-corrected chi connectivity index (χ0v) is 12.1. The van der Waals surface area contributed by atoms with Gasteiger partial charge in [-0.25, -0.2) is 19.7 Å². The molecule has 0 aliphatic rings. The zero-order chi connectivity index (χ0) is 15.4. The van der Waals surface area contributed by atoms with E-state index in [0.29, 0.717) is 23.5 Å². The zero-order valence-electron chi connectivity index (χ0n) is 12.1. The predicted molar refractivity (Wildman–Crippen MR) is 85.5 cm³/mol. The topological polar surface area (TPSA) is 79.8 Å². The van der Waals surface area contributed by atoms with E-state index in [0.717, 1.165) is 11.3 Å². The SMILES string of the molecule is CCNC(=O)Nc1cnc2ccc(-c3ccccc3)nc2n1. The van der Waals surface area contributed by atoms with Crippen molar-refractivity contribution in [3.63, 3.8) is 0 Å². The molecular weight excluding hydrogens is 278 g/mol. The Bertz CT molecular complexity index is 804. The van der Waals surface area contributed by atoms with Crippen LogP contribution in [0.4, 0.5) is 10.6 Å². The summed E-state index contributed by atoms with van der Waals surface area (Å²) in [6, 6.07) is 13.3. The van der Waals surface area contributed by atoms with Gasteiger partial charge in [0.25, 0.3) is 0 Å². The fraction of sp³-hybridized carbons (Fsp3) is 0.125. The molecule has 0 saturated carbocycles. The molecular formula is C16H15N5O. The highest BCUT2D eigenvalue weighted by molar-refractivity contribution is 5.89. The van der Waals surface area contributed by atoms with Gasteiger partial charge in [-0.3, -0.25) is 5.32 Å². The lowest BCUT2D eigenvalue weighted by Gasteiger charge is -2.06. The maximum Gasteiger partial charge on any atom is 0.320 e. The predicted octanol–water partition coefficient (Wildman–Crippen LogP) is 2.83. The number of hydrogen-bond acceptors (Lipinski definition) is 4. The molecule has 22 heavy (non-hydrogen) atoms. The highest BCUT2D eigenvalue weighted by atomic mass is 16.2. The first-order valence-electron chi connectivity index (χ1n) is 7.00. The van der Waals surface area contributed by atoms with E-state index in [1.54, 1.807) is 0 Å². The number of urea groups is 1. The van der Waals surface area contributed by atoms with Crippen LogP contribution in [0.15, 0.2) is 48.7 Å². The number of rotatable bonds is 3. The maximum absolute atomic E-state index is 11.5. The number of aromatic nitrogens is 3. The van der Waals surface area contributed by atoms with E-state index in [-0.39, 0.29) is 6.03 Å². The lowest BCUT2D eigenvalue weighted by molar-refractivity contribution is 0.252. The summed E-state index contributed by atoms with van der Waals surface area (Å²) in [6.45, 7) is 2.39. The highest BCUT2D eigenvalue weighted by Crippen LogP contribution is 2.19. The highest BCUT2D eigenvalue weighted by Gasteiger charge is 2.06. The summed E-state index contributed by atoms with van der Waals surface area (Å²) < 4.78 is 0. The molecule has 0 spiro atoms. The van der Waals surface area contributed by atoms with Crippen molar-refractivity contribution in [2.75, 3.05) is 11.9 Å². The number of amides is 2. The first-order valence-corrected chi connectivity index (χ1v) is 7.00. The Labute approximate surface area is 127 Å². The smallest absolute Gasteiger partial charge is 0.320 e. The van der Waals surface area contributed by atoms with Gasteiger partial charge in [0.15, 0.2) is 11.5 Å². The van der Waals surface area contributed by atoms with Crippen LogP contribution in [0.3, 0.4) is 0 Å². The van der Waals surface area contributed by atoms with Crippen LogP contribution >= 0.6 is 0 Å². The minimum Gasteiger partial charge on any atom is -0.338 e. The van der Waals surface area contributed by atoms with Gasteiger partial charge in [0.05, 0.1) is 11.9 Å². The van der Waals surface area contributed by atoms with E-state index in [2.05, 4.69) is 25.6 Å². The van der Waals surface area contributed by atoms with Crippen LogP contribution < -0.4 is 10.6 Å². The summed E-state index contributed by atoms with van der Waals surface area (Å²) >= 11 is 0. The van der Waals surface area contributed by atoms with Crippen LogP contribution in [-0.2, 0) is 0 Å². The lowest BCUT2D eigenvalue weighted by Crippen LogP contribution is -2.28. The Kier molecular flexibility index (Phi) is 3.91. The van der Waals surface area contributed by atoms with E-state index in [9.17, 15) is 4.79 Å². The molecule has 110 valence electrons. The van der Waals surface area contributed by atoms with Gasteiger partial charge in [0, 0.05) is 12.1 Å². The van der Waals surface area contributed by atoms with Crippen LogP contribution in [-0.4, -0.2) is 27.5 Å². The van der Waals surface area contributed by atoms with E-state index in [4.69, 9.17) is 0 Å². The minimum absolute atomic E-state index is 0.310. The fourth-order valence-electron chi connectivity index (χ4n) is 2.05. The third-order valence-electron chi connectivity index (χ3n) is 3.06. The van der Waals surface area contributed by atoms with Crippen molar-refractivity contribution < 1.29 is 4.79 Å². The van der Waals surface area contributed by atoms with Crippen molar-refractivity contribution in [2.45, 2.75) is 6.92 Å². The van der Waals surface area contributed by atoms with E-state index < -0.39 is 0 Å². The quantitative estimate of drug-likeness (QED) is 0.778. The van der Waals surface area contributed by atoms with Crippen LogP contribution in [0, 0.1) is 0 Å². The molecule has 6 heteroatoms. The van der Waals surface area contributed by atoms with Gasteiger partial charge in [-0.1, -0.05) is 30.3 Å².